The molecule has 0 saturated carbocycles. The third-order valence-electron chi connectivity index (χ3n) is 1.36. The summed E-state index contributed by atoms with van der Waals surface area (Å²) in [5, 5.41) is 0. The zero-order valence-corrected chi connectivity index (χ0v) is 5.81. The van der Waals surface area contributed by atoms with Gasteiger partial charge in [0.05, 0.1) is 5.56 Å². The molecule has 0 aliphatic carbocycles. The van der Waals surface area contributed by atoms with Crippen molar-refractivity contribution in [1.29, 1.82) is 0 Å². The number of hydrogen-bond acceptors (Lipinski definition) is 1. The smallest absolute Gasteiger partial charge is 0.124 e. The summed E-state index contributed by atoms with van der Waals surface area (Å²) in [5.74, 6) is 5.09. The first-order valence-electron chi connectivity index (χ1n) is 4.03. The second-order valence-corrected chi connectivity index (χ2v) is 2.02. The zero-order valence-electron chi connectivity index (χ0n) is 7.81. The van der Waals surface area contributed by atoms with Gasteiger partial charge in [-0.15, -0.1) is 12.8 Å². The standard InChI is InChI=1S/C10H7N/c1-3-8-6-5-7-10(11)9(8)4-2/h1-2,5-7H,11H2/i1T,2T. The van der Waals surface area contributed by atoms with Crippen molar-refractivity contribution in [3.8, 4) is 24.6 Å². The largest absolute Gasteiger partial charge is 0.398 e. The van der Waals surface area contributed by atoms with Gasteiger partial charge in [0.1, 0.15) is 2.74 Å². The van der Waals surface area contributed by atoms with Gasteiger partial charge in [-0.3, -0.25) is 0 Å². The molecule has 2 N–H and O–H groups in total. The van der Waals surface area contributed by atoms with Crippen LogP contribution in [0.5, 0.6) is 0 Å². The van der Waals surface area contributed by atoms with Gasteiger partial charge in [0.2, 0.25) is 0 Å². The number of anilines is 1. The van der Waals surface area contributed by atoms with Crippen molar-refractivity contribution in [3.05, 3.63) is 29.3 Å². The Labute approximate surface area is 69.0 Å². The highest BCUT2D eigenvalue weighted by Gasteiger charge is 1.98. The summed E-state index contributed by atoms with van der Waals surface area (Å²) in [4.78, 5) is 0. The molecule has 0 fully saturated rings. The molecule has 0 saturated heterocycles. The molecular weight excluding hydrogens is 134 g/mol. The third kappa shape index (κ3) is 1.18. The maximum Gasteiger partial charge on any atom is 0.124 e. The van der Waals surface area contributed by atoms with E-state index in [1.807, 2.05) is 12.8 Å². The quantitative estimate of drug-likeness (QED) is 0.431. The minimum absolute atomic E-state index is 0.486. The topological polar surface area (TPSA) is 26.0 Å². The predicted octanol–water partition coefficient (Wildman–Crippen LogP) is 1.23. The van der Waals surface area contributed by atoms with E-state index in [-0.39, 0.29) is 0 Å². The maximum atomic E-state index is 6.75. The van der Waals surface area contributed by atoms with Gasteiger partial charge < -0.3 is 5.73 Å². The molecule has 52 valence electrons. The fourth-order valence-electron chi connectivity index (χ4n) is 0.814. The van der Waals surface area contributed by atoms with E-state index in [2.05, 4.69) is 11.8 Å². The van der Waals surface area contributed by atoms with Crippen molar-refractivity contribution in [2.45, 2.75) is 0 Å². The number of hydrogen-bond donors (Lipinski definition) is 1. The van der Waals surface area contributed by atoms with Crippen LogP contribution in [0, 0.1) is 24.6 Å². The SMILES string of the molecule is [3H]C#Cc1cccc(N)c1C#C[3H]. The van der Waals surface area contributed by atoms with E-state index >= 15 is 0 Å². The molecule has 0 atom stereocenters. The lowest BCUT2D eigenvalue weighted by Crippen LogP contribution is -1.92. The molecule has 0 aliphatic heterocycles. The average Bonchev–Trinajstić information content (AvgIpc) is 2.11. The minimum Gasteiger partial charge on any atom is -0.398 e. The van der Waals surface area contributed by atoms with Gasteiger partial charge in [0, 0.05) is 11.3 Å². The Kier molecular flexibility index (Phi) is 1.25. The van der Waals surface area contributed by atoms with Crippen LogP contribution in [0.2, 0.25) is 0 Å². The fraction of sp³-hybridized carbons (Fsp3) is 0. The molecule has 0 spiro atoms. The highest BCUT2D eigenvalue weighted by Crippen LogP contribution is 2.13. The lowest BCUT2D eigenvalue weighted by molar-refractivity contribution is 1.58. The molecule has 1 aromatic carbocycles. The first-order chi connectivity index (χ1) is 6.29. The maximum absolute atomic E-state index is 6.75. The molecule has 0 aromatic heterocycles. The molecule has 11 heavy (non-hydrogen) atoms. The lowest BCUT2D eigenvalue weighted by Gasteiger charge is -1.99. The summed E-state index contributed by atoms with van der Waals surface area (Å²) in [5.41, 5.74) is 7.23. The second-order valence-electron chi connectivity index (χ2n) is 2.02. The van der Waals surface area contributed by atoms with Crippen molar-refractivity contribution in [2.75, 3.05) is 5.73 Å². The van der Waals surface area contributed by atoms with Crippen molar-refractivity contribution in [3.63, 3.8) is 0 Å². The molecule has 0 heterocycles. The third-order valence-corrected chi connectivity index (χ3v) is 1.36. The molecule has 0 unspecified atom stereocenters. The minimum atomic E-state index is 0.486. The van der Waals surface area contributed by atoms with Crippen molar-refractivity contribution in [1.82, 2.24) is 0 Å². The first kappa shape index (κ1) is 4.88. The van der Waals surface area contributed by atoms with Crippen molar-refractivity contribution >= 4 is 5.69 Å². The van der Waals surface area contributed by atoms with Crippen LogP contribution < -0.4 is 5.73 Å². The van der Waals surface area contributed by atoms with Crippen molar-refractivity contribution in [2.24, 2.45) is 0 Å². The first-order valence-corrected chi connectivity index (χ1v) is 3.03. The lowest BCUT2D eigenvalue weighted by atomic mass is 10.1. The van der Waals surface area contributed by atoms with Crippen molar-refractivity contribution < 1.29 is 2.74 Å². The molecule has 1 aromatic rings. The Morgan fingerprint density at radius 3 is 2.91 bits per heavy atom. The molecule has 0 amide bonds. The average molecular weight is 145 g/mol. The molecule has 0 bridgehead atoms. The molecule has 1 nitrogen and oxygen atoms in total. The van der Waals surface area contributed by atoms with E-state index in [1.54, 1.807) is 18.2 Å². The number of nitrogen functional groups attached to an aromatic ring is 1. The zero-order chi connectivity index (χ0) is 9.68. The summed E-state index contributed by atoms with van der Waals surface area (Å²) >= 11 is 0. The van der Waals surface area contributed by atoms with Crippen LogP contribution in [0.15, 0.2) is 18.2 Å². The number of benzene rings is 1. The van der Waals surface area contributed by atoms with Crippen LogP contribution in [-0.2, 0) is 0 Å². The number of nitrogens with two attached hydrogens (primary N) is 1. The Morgan fingerprint density at radius 1 is 1.36 bits per heavy atom. The van der Waals surface area contributed by atoms with Crippen LogP contribution in [0.4, 0.5) is 5.69 Å². The molecule has 0 radical (unpaired) electrons. The molecule has 0 aliphatic rings. The van der Waals surface area contributed by atoms with E-state index in [9.17, 15) is 0 Å². The van der Waals surface area contributed by atoms with Crippen LogP contribution in [0.25, 0.3) is 0 Å². The van der Waals surface area contributed by atoms with Gasteiger partial charge in [-0.05, 0) is 12.1 Å². The summed E-state index contributed by atoms with van der Waals surface area (Å²) in [6, 6.07) is 5.15. The van der Waals surface area contributed by atoms with E-state index in [1.165, 1.54) is 0 Å². The van der Waals surface area contributed by atoms with E-state index in [0.29, 0.717) is 16.8 Å². The van der Waals surface area contributed by atoms with Gasteiger partial charge in [-0.25, -0.2) is 0 Å². The van der Waals surface area contributed by atoms with E-state index in [4.69, 9.17) is 8.48 Å². The highest BCUT2D eigenvalue weighted by atomic mass is 14.6. The summed E-state index contributed by atoms with van der Waals surface area (Å²) in [6.45, 7) is 0. The Balaban J connectivity index is 3.36. The van der Waals surface area contributed by atoms with Crippen LogP contribution in [0.1, 0.15) is 13.9 Å². The Morgan fingerprint density at radius 2 is 2.18 bits per heavy atom. The second kappa shape index (κ2) is 2.82. The monoisotopic (exact) mass is 145 g/mol. The normalized spacial score (nSPS) is 9.45. The van der Waals surface area contributed by atoms with Gasteiger partial charge in [0.15, 0.2) is 0 Å². The molecular formula is C10H7N. The van der Waals surface area contributed by atoms with Gasteiger partial charge in [0.25, 0.3) is 0 Å². The van der Waals surface area contributed by atoms with Crippen LogP contribution in [0.3, 0.4) is 0 Å². The highest BCUT2D eigenvalue weighted by molar-refractivity contribution is 5.62. The summed E-state index contributed by atoms with van der Waals surface area (Å²) in [7, 11) is 0. The van der Waals surface area contributed by atoms with Crippen LogP contribution in [-0.4, -0.2) is 0 Å². The van der Waals surface area contributed by atoms with Gasteiger partial charge in [-0.1, -0.05) is 17.9 Å². The van der Waals surface area contributed by atoms with E-state index < -0.39 is 0 Å². The van der Waals surface area contributed by atoms with Crippen LogP contribution >= 0.6 is 0 Å². The van der Waals surface area contributed by atoms with Gasteiger partial charge in [-0.2, -0.15) is 0 Å². The Hall–Kier alpha value is -1.86. The summed E-state index contributed by atoms with van der Waals surface area (Å²) in [6.07, 6.45) is 4.04. The predicted molar refractivity (Wildman–Crippen MR) is 46.7 cm³/mol. The fourth-order valence-corrected chi connectivity index (χ4v) is 0.814. The molecule has 1 rings (SSSR count). The molecule has 1 heteroatoms. The number of rotatable bonds is 0. The van der Waals surface area contributed by atoms with Gasteiger partial charge >= 0.3 is 0 Å². The number of terminal acetylenes is 2. The van der Waals surface area contributed by atoms with E-state index in [0.717, 1.165) is 0 Å². The Bertz CT molecular complexity index is 430. The summed E-state index contributed by atoms with van der Waals surface area (Å²) < 4.78 is 13.5.